The van der Waals surface area contributed by atoms with Gasteiger partial charge in [0.1, 0.15) is 28.2 Å². The van der Waals surface area contributed by atoms with Crippen LogP contribution in [0.25, 0.3) is 11.0 Å². The second-order valence-electron chi connectivity index (χ2n) is 7.31. The van der Waals surface area contributed by atoms with Crippen molar-refractivity contribution in [2.24, 2.45) is 0 Å². The van der Waals surface area contributed by atoms with Gasteiger partial charge in [-0.05, 0) is 19.9 Å². The Kier molecular flexibility index (Phi) is 3.37. The van der Waals surface area contributed by atoms with E-state index in [1.807, 2.05) is 13.8 Å². The van der Waals surface area contributed by atoms with Crippen LogP contribution in [0.15, 0.2) is 34.0 Å². The molecule has 24 heavy (non-hydrogen) atoms. The van der Waals surface area contributed by atoms with Crippen molar-refractivity contribution in [1.29, 1.82) is 0 Å². The monoisotopic (exact) mass is 328 g/mol. The molecule has 0 spiro atoms. The van der Waals surface area contributed by atoms with Gasteiger partial charge in [-0.15, -0.1) is 6.58 Å². The largest absolute Gasteiger partial charge is 0.506 e. The first kappa shape index (κ1) is 16.3. The van der Waals surface area contributed by atoms with E-state index in [-0.39, 0.29) is 34.8 Å². The van der Waals surface area contributed by atoms with Crippen LogP contribution in [0.4, 0.5) is 0 Å². The summed E-state index contributed by atoms with van der Waals surface area (Å²) in [5.41, 5.74) is -0.995. The van der Waals surface area contributed by atoms with E-state index < -0.39 is 16.6 Å². The molecule has 0 unspecified atom stereocenters. The van der Waals surface area contributed by atoms with E-state index in [0.29, 0.717) is 10.9 Å². The van der Waals surface area contributed by atoms with E-state index in [9.17, 15) is 14.7 Å². The first-order chi connectivity index (χ1) is 11.1. The quantitative estimate of drug-likeness (QED) is 0.672. The maximum Gasteiger partial charge on any atom is 0.336 e. The average Bonchev–Trinajstić information content (AvgIpc) is 2.44. The Morgan fingerprint density at radius 2 is 1.96 bits per heavy atom. The van der Waals surface area contributed by atoms with Crippen LogP contribution in [-0.2, 0) is 5.41 Å². The number of carbonyl (C=O) groups is 1. The predicted octanol–water partition coefficient (Wildman–Crippen LogP) is 3.71. The van der Waals surface area contributed by atoms with Crippen LogP contribution in [0.1, 0.15) is 50.0 Å². The van der Waals surface area contributed by atoms with Gasteiger partial charge in [0.05, 0.1) is 11.8 Å². The minimum Gasteiger partial charge on any atom is -0.506 e. The number of allylic oxidation sites excluding steroid dienone is 1. The van der Waals surface area contributed by atoms with Gasteiger partial charge in [-0.1, -0.05) is 19.9 Å². The fourth-order valence-electron chi connectivity index (χ4n) is 3.09. The molecule has 0 atom stereocenters. The molecule has 0 radical (unpaired) electrons. The molecular formula is C19H20O5. The fraction of sp³-hybridized carbons (Fsp3) is 0.368. The first-order valence-corrected chi connectivity index (χ1v) is 7.76. The van der Waals surface area contributed by atoms with E-state index in [0.717, 1.165) is 0 Å². The summed E-state index contributed by atoms with van der Waals surface area (Å²) in [4.78, 5) is 24.4. The van der Waals surface area contributed by atoms with Crippen LogP contribution < -0.4 is 10.4 Å². The van der Waals surface area contributed by atoms with Gasteiger partial charge in [0.25, 0.3) is 0 Å². The Balaban J connectivity index is 2.56. The minimum atomic E-state index is -0.717. The van der Waals surface area contributed by atoms with Crippen molar-refractivity contribution in [3.63, 3.8) is 0 Å². The van der Waals surface area contributed by atoms with Crippen LogP contribution in [-0.4, -0.2) is 16.5 Å². The molecule has 1 N–H and O–H groups in total. The van der Waals surface area contributed by atoms with E-state index in [2.05, 4.69) is 6.58 Å². The molecule has 1 aromatic heterocycles. The van der Waals surface area contributed by atoms with Crippen molar-refractivity contribution in [1.82, 2.24) is 0 Å². The maximum atomic E-state index is 12.6. The zero-order valence-electron chi connectivity index (χ0n) is 14.2. The number of rotatable bonds is 2. The summed E-state index contributed by atoms with van der Waals surface area (Å²) in [5, 5.41) is 10.9. The topological polar surface area (TPSA) is 76.7 Å². The SMILES string of the molecule is C=CC(C)(C)c1c2c(c(O)c3ccc(=O)oc13)C(=O)CC(C)(C)O2. The van der Waals surface area contributed by atoms with Gasteiger partial charge in [-0.25, -0.2) is 4.79 Å². The van der Waals surface area contributed by atoms with E-state index >= 15 is 0 Å². The molecule has 0 saturated heterocycles. The lowest BCUT2D eigenvalue weighted by molar-refractivity contribution is 0.0605. The molecule has 5 heteroatoms. The zero-order chi connectivity index (χ0) is 17.9. The second-order valence-corrected chi connectivity index (χ2v) is 7.31. The van der Waals surface area contributed by atoms with Crippen molar-refractivity contribution in [2.45, 2.75) is 45.1 Å². The average molecular weight is 328 g/mol. The van der Waals surface area contributed by atoms with Crippen molar-refractivity contribution in [3.8, 4) is 11.5 Å². The first-order valence-electron chi connectivity index (χ1n) is 7.76. The lowest BCUT2D eigenvalue weighted by Crippen LogP contribution is -2.37. The summed E-state index contributed by atoms with van der Waals surface area (Å²) in [6.45, 7) is 11.2. The molecule has 1 aliphatic rings. The summed E-state index contributed by atoms with van der Waals surface area (Å²) in [6, 6.07) is 2.68. The highest BCUT2D eigenvalue weighted by atomic mass is 16.5. The molecule has 2 heterocycles. The normalized spacial score (nSPS) is 16.6. The van der Waals surface area contributed by atoms with Gasteiger partial charge in [-0.3, -0.25) is 4.79 Å². The molecule has 126 valence electrons. The number of phenols is 1. The highest BCUT2D eigenvalue weighted by Crippen LogP contribution is 2.49. The van der Waals surface area contributed by atoms with Crippen LogP contribution >= 0.6 is 0 Å². The van der Waals surface area contributed by atoms with Crippen molar-refractivity contribution in [2.75, 3.05) is 0 Å². The Morgan fingerprint density at radius 3 is 2.58 bits per heavy atom. The Labute approximate surface area is 139 Å². The molecule has 1 aliphatic heterocycles. The summed E-state index contributed by atoms with van der Waals surface area (Å²) < 4.78 is 11.4. The third kappa shape index (κ3) is 2.31. The number of benzene rings is 1. The molecular weight excluding hydrogens is 308 g/mol. The van der Waals surface area contributed by atoms with Gasteiger partial charge in [0.2, 0.25) is 0 Å². The maximum absolute atomic E-state index is 12.6. The van der Waals surface area contributed by atoms with Gasteiger partial charge in [0.15, 0.2) is 5.78 Å². The predicted molar refractivity (Wildman–Crippen MR) is 91.0 cm³/mol. The van der Waals surface area contributed by atoms with Crippen LogP contribution in [0.3, 0.4) is 0 Å². The Bertz CT molecular complexity index is 931. The lowest BCUT2D eigenvalue weighted by Gasteiger charge is -2.36. The van der Waals surface area contributed by atoms with Crippen molar-refractivity contribution >= 4 is 16.8 Å². The molecule has 0 amide bonds. The van der Waals surface area contributed by atoms with E-state index in [1.165, 1.54) is 12.1 Å². The summed E-state index contributed by atoms with van der Waals surface area (Å²) >= 11 is 0. The number of hydrogen-bond donors (Lipinski definition) is 1. The van der Waals surface area contributed by atoms with Gasteiger partial charge in [0, 0.05) is 17.0 Å². The Hall–Kier alpha value is -2.56. The molecule has 1 aromatic carbocycles. The van der Waals surface area contributed by atoms with Gasteiger partial charge in [-0.2, -0.15) is 0 Å². The van der Waals surface area contributed by atoms with Crippen LogP contribution in [0.2, 0.25) is 0 Å². The second kappa shape index (κ2) is 4.97. The third-order valence-corrected chi connectivity index (χ3v) is 4.40. The number of phenolic OH excluding ortho intramolecular Hbond substituents is 1. The van der Waals surface area contributed by atoms with E-state index in [4.69, 9.17) is 9.15 Å². The van der Waals surface area contributed by atoms with Crippen molar-refractivity contribution < 1.29 is 19.1 Å². The third-order valence-electron chi connectivity index (χ3n) is 4.40. The smallest absolute Gasteiger partial charge is 0.336 e. The van der Waals surface area contributed by atoms with Gasteiger partial charge >= 0.3 is 5.63 Å². The lowest BCUT2D eigenvalue weighted by atomic mass is 9.79. The number of carbonyl (C=O) groups excluding carboxylic acids is 1. The summed E-state index contributed by atoms with van der Waals surface area (Å²) in [6.07, 6.45) is 1.85. The standard InChI is InChI=1S/C19H20O5/c1-6-18(2,3)14-16-10(7-8-12(21)23-16)15(22)13-11(20)9-19(4,5)24-17(13)14/h6-8,22H,1,9H2,2-5H3. The highest BCUT2D eigenvalue weighted by Gasteiger charge is 2.40. The minimum absolute atomic E-state index is 0.139. The summed E-state index contributed by atoms with van der Waals surface area (Å²) in [5.74, 6) is -0.152. The summed E-state index contributed by atoms with van der Waals surface area (Å²) in [7, 11) is 0. The molecule has 2 aromatic rings. The van der Waals surface area contributed by atoms with E-state index in [1.54, 1.807) is 19.9 Å². The van der Waals surface area contributed by atoms with Crippen LogP contribution in [0, 0.1) is 0 Å². The zero-order valence-corrected chi connectivity index (χ0v) is 14.2. The molecule has 5 nitrogen and oxygen atoms in total. The molecule has 0 bridgehead atoms. The number of ether oxygens (including phenoxy) is 1. The molecule has 0 aliphatic carbocycles. The number of ketones is 1. The Morgan fingerprint density at radius 1 is 1.29 bits per heavy atom. The molecule has 0 saturated carbocycles. The fourth-order valence-corrected chi connectivity index (χ4v) is 3.09. The van der Waals surface area contributed by atoms with Crippen LogP contribution in [0.5, 0.6) is 11.5 Å². The number of Topliss-reactive ketones (excluding diaryl/α,β-unsaturated/α-hetero) is 1. The number of hydrogen-bond acceptors (Lipinski definition) is 5. The molecule has 3 rings (SSSR count). The van der Waals surface area contributed by atoms with Gasteiger partial charge < -0.3 is 14.3 Å². The number of fused-ring (bicyclic) bond motifs is 2. The van der Waals surface area contributed by atoms with Crippen molar-refractivity contribution in [3.05, 3.63) is 46.3 Å². The highest BCUT2D eigenvalue weighted by molar-refractivity contribution is 6.09. The molecule has 0 fully saturated rings. The number of aromatic hydroxyl groups is 1.